The van der Waals surface area contributed by atoms with E-state index < -0.39 is 0 Å². The molecule has 0 spiro atoms. The predicted molar refractivity (Wildman–Crippen MR) is 91.5 cm³/mol. The Kier molecular flexibility index (Phi) is 7.00. The summed E-state index contributed by atoms with van der Waals surface area (Å²) in [5.41, 5.74) is 7.69. The molecule has 1 fully saturated rings. The molecule has 0 aromatic heterocycles. The number of benzene rings is 1. The third-order valence-corrected chi connectivity index (χ3v) is 5.67. The number of carbonyl (C=O) groups is 1. The van der Waals surface area contributed by atoms with E-state index in [1.165, 1.54) is 60.0 Å². The van der Waals surface area contributed by atoms with Crippen LogP contribution in [0.5, 0.6) is 0 Å². The van der Waals surface area contributed by atoms with Crippen molar-refractivity contribution in [1.29, 1.82) is 0 Å². The molecule has 2 rings (SSSR count). The van der Waals surface area contributed by atoms with Crippen LogP contribution in [-0.2, 0) is 0 Å². The Morgan fingerprint density at radius 2 is 1.45 bits per heavy atom. The van der Waals surface area contributed by atoms with Crippen molar-refractivity contribution in [1.82, 2.24) is 0 Å². The van der Waals surface area contributed by atoms with Crippen molar-refractivity contribution in [2.75, 3.05) is 0 Å². The van der Waals surface area contributed by atoms with Gasteiger partial charge in [0.05, 0.1) is 0 Å². The number of carbonyl (C=O) groups excluding carboxylic acids is 1. The maximum atomic E-state index is 12.7. The van der Waals surface area contributed by atoms with E-state index in [0.717, 1.165) is 5.56 Å². The summed E-state index contributed by atoms with van der Waals surface area (Å²) in [5.74, 6) is 0. The normalized spacial score (nSPS) is 16.4. The molecule has 1 saturated carbocycles. The van der Waals surface area contributed by atoms with Crippen molar-refractivity contribution >= 4 is 33.0 Å². The van der Waals surface area contributed by atoms with Gasteiger partial charge in [-0.05, 0) is 71.4 Å². The van der Waals surface area contributed by atoms with Crippen LogP contribution in [0.1, 0.15) is 64.7 Å². The summed E-state index contributed by atoms with van der Waals surface area (Å²) in [6.07, 6.45) is 6.24. The molecule has 1 aromatic carbocycles. The molecular weight excluding hydrogens is 258 g/mol. The van der Waals surface area contributed by atoms with E-state index in [1.54, 1.807) is 0 Å². The standard InChI is InChI=1S/C17H24OP.Li.H/c1-11-10-12(2)14(4)16(13(11)3)17(18)19-15-8-6-5-7-9-15;;/h10,19H,5-9H2,1-4H3;;. The van der Waals surface area contributed by atoms with Gasteiger partial charge in [-0.15, -0.1) is 0 Å². The van der Waals surface area contributed by atoms with Gasteiger partial charge in [0.2, 0.25) is 0 Å². The van der Waals surface area contributed by atoms with Crippen LogP contribution in [0.4, 0.5) is 0 Å². The molecule has 0 N–H and O–H groups in total. The summed E-state index contributed by atoms with van der Waals surface area (Å²) in [5, 5.41) is 0. The number of aryl methyl sites for hydroxylation is 2. The molecule has 105 valence electrons. The predicted octanol–water partition coefficient (Wildman–Crippen LogP) is 4.59. The van der Waals surface area contributed by atoms with Crippen molar-refractivity contribution < 1.29 is 4.79 Å². The molecule has 1 aliphatic rings. The Bertz CT molecular complexity index is 464. The van der Waals surface area contributed by atoms with Gasteiger partial charge in [-0.2, -0.15) is 0 Å². The second-order valence-corrected chi connectivity index (χ2v) is 7.16. The van der Waals surface area contributed by atoms with Crippen molar-refractivity contribution in [2.45, 2.75) is 59.8 Å². The van der Waals surface area contributed by atoms with E-state index in [0.29, 0.717) is 14.1 Å². The number of rotatable bonds is 3. The van der Waals surface area contributed by atoms with Crippen LogP contribution in [0, 0.1) is 33.4 Å². The van der Waals surface area contributed by atoms with Crippen molar-refractivity contribution in [3.05, 3.63) is 39.5 Å². The zero-order chi connectivity index (χ0) is 14.0. The van der Waals surface area contributed by atoms with E-state index in [2.05, 4.69) is 33.8 Å². The molecule has 1 radical (unpaired) electrons. The zero-order valence-electron chi connectivity index (χ0n) is 12.5. The Balaban J connectivity index is 0.00000200. The molecule has 1 unspecified atom stereocenters. The fourth-order valence-electron chi connectivity index (χ4n) is 2.88. The summed E-state index contributed by atoms with van der Waals surface area (Å²) in [6, 6.07) is 2.19. The van der Waals surface area contributed by atoms with Gasteiger partial charge in [0.25, 0.3) is 0 Å². The minimum absolute atomic E-state index is 0. The average Bonchev–Trinajstić information content (AvgIpc) is 2.38. The molecule has 1 aliphatic carbocycles. The zero-order valence-corrected chi connectivity index (χ0v) is 13.5. The monoisotopic (exact) mass is 283 g/mol. The van der Waals surface area contributed by atoms with Gasteiger partial charge in [0.15, 0.2) is 5.52 Å². The second kappa shape index (κ2) is 7.79. The molecule has 3 heteroatoms. The van der Waals surface area contributed by atoms with E-state index in [9.17, 15) is 4.79 Å². The molecule has 1 nitrogen and oxygen atoms in total. The fourth-order valence-corrected chi connectivity index (χ4v) is 4.31. The fraction of sp³-hybridized carbons (Fsp3) is 0.529. The Labute approximate surface area is 137 Å². The molecule has 0 heterocycles. The van der Waals surface area contributed by atoms with Gasteiger partial charge in [-0.25, -0.2) is 0 Å². The first-order valence-corrected chi connectivity index (χ1v) is 8.24. The third kappa shape index (κ3) is 3.97. The number of hydrogen-bond acceptors (Lipinski definition) is 1. The molecule has 0 saturated heterocycles. The first kappa shape index (κ1) is 18.0. The molecule has 20 heavy (non-hydrogen) atoms. The van der Waals surface area contributed by atoms with Crippen LogP contribution < -0.4 is 0 Å². The van der Waals surface area contributed by atoms with Crippen LogP contribution in [-0.4, -0.2) is 24.4 Å². The van der Waals surface area contributed by atoms with Crippen molar-refractivity contribution in [2.24, 2.45) is 0 Å². The average molecular weight is 283 g/mol. The van der Waals surface area contributed by atoms with Gasteiger partial charge in [0.1, 0.15) is 0 Å². The quantitative estimate of drug-likeness (QED) is 0.586. The SMILES string of the molecule is Cc1cc(C)c(C)c(C(=O)P[C]2CCCCC2)c1C.[LiH]. The third-order valence-electron chi connectivity index (χ3n) is 4.34. The van der Waals surface area contributed by atoms with E-state index in [1.807, 2.05) is 0 Å². The van der Waals surface area contributed by atoms with Gasteiger partial charge in [-0.1, -0.05) is 25.3 Å². The summed E-state index contributed by atoms with van der Waals surface area (Å²) in [6.45, 7) is 8.39. The van der Waals surface area contributed by atoms with Crippen molar-refractivity contribution in [3.63, 3.8) is 0 Å². The van der Waals surface area contributed by atoms with Gasteiger partial charge in [-0.3, -0.25) is 4.79 Å². The van der Waals surface area contributed by atoms with E-state index >= 15 is 0 Å². The summed E-state index contributed by atoms with van der Waals surface area (Å²) >= 11 is 0. The van der Waals surface area contributed by atoms with Crippen LogP contribution in [0.15, 0.2) is 6.07 Å². The van der Waals surface area contributed by atoms with Crippen LogP contribution in [0.25, 0.3) is 0 Å². The molecule has 0 amide bonds. The summed E-state index contributed by atoms with van der Waals surface area (Å²) in [7, 11) is 0.396. The second-order valence-electron chi connectivity index (χ2n) is 5.75. The molecule has 1 aromatic rings. The van der Waals surface area contributed by atoms with Crippen molar-refractivity contribution in [3.8, 4) is 0 Å². The van der Waals surface area contributed by atoms with Gasteiger partial charge in [0, 0.05) is 11.2 Å². The molecular formula is C17H25LiOP. The van der Waals surface area contributed by atoms with E-state index in [-0.39, 0.29) is 18.9 Å². The van der Waals surface area contributed by atoms with Gasteiger partial charge < -0.3 is 0 Å². The Hall–Kier alpha value is -0.0826. The Morgan fingerprint density at radius 1 is 0.950 bits per heavy atom. The van der Waals surface area contributed by atoms with Crippen LogP contribution in [0.3, 0.4) is 0 Å². The molecule has 0 bridgehead atoms. The Morgan fingerprint density at radius 3 is 1.95 bits per heavy atom. The topological polar surface area (TPSA) is 17.1 Å². The van der Waals surface area contributed by atoms with E-state index in [4.69, 9.17) is 0 Å². The number of hydrogen-bond donors (Lipinski definition) is 0. The van der Waals surface area contributed by atoms with Crippen LogP contribution >= 0.6 is 8.58 Å². The van der Waals surface area contributed by atoms with Crippen LogP contribution in [0.2, 0.25) is 0 Å². The molecule has 0 aliphatic heterocycles. The first-order valence-electron chi connectivity index (χ1n) is 7.24. The van der Waals surface area contributed by atoms with Gasteiger partial charge >= 0.3 is 18.9 Å². The maximum absolute atomic E-state index is 12.7. The minimum atomic E-state index is 0. The molecule has 1 atom stereocenters. The summed E-state index contributed by atoms with van der Waals surface area (Å²) < 4.78 is 0. The summed E-state index contributed by atoms with van der Waals surface area (Å²) in [4.78, 5) is 12.7. The first-order chi connectivity index (χ1) is 9.00.